The highest BCUT2D eigenvalue weighted by Gasteiger charge is 2.46. The van der Waals surface area contributed by atoms with E-state index in [1.807, 2.05) is 38.1 Å². The van der Waals surface area contributed by atoms with E-state index in [1.54, 1.807) is 36.4 Å². The molecule has 2 heterocycles. The highest BCUT2D eigenvalue weighted by atomic mass is 16.5. The van der Waals surface area contributed by atoms with Gasteiger partial charge in [-0.2, -0.15) is 0 Å². The monoisotopic (exact) mass is 431 g/mol. The lowest BCUT2D eigenvalue weighted by Gasteiger charge is -2.25. The highest BCUT2D eigenvalue weighted by molar-refractivity contribution is 6.46. The number of aliphatic hydroxyl groups excluding tert-OH is 1. The molecule has 2 aromatic carbocycles. The first kappa shape index (κ1) is 21.4. The van der Waals surface area contributed by atoms with E-state index in [1.165, 1.54) is 11.2 Å². The second kappa shape index (κ2) is 9.14. The van der Waals surface area contributed by atoms with Crippen molar-refractivity contribution >= 4 is 17.4 Å². The third-order valence-electron chi connectivity index (χ3n) is 5.51. The Morgan fingerprint density at radius 1 is 1.09 bits per heavy atom. The first-order valence-electron chi connectivity index (χ1n) is 10.6. The second-order valence-electron chi connectivity index (χ2n) is 7.74. The maximum atomic E-state index is 13.1. The fraction of sp³-hybridized carbons (Fsp3) is 0.231. The Kier molecular flexibility index (Phi) is 6.12. The molecule has 4 rings (SSSR count). The number of benzene rings is 2. The molecule has 1 N–H and O–H groups in total. The Morgan fingerprint density at radius 3 is 2.62 bits per heavy atom. The van der Waals surface area contributed by atoms with Crippen LogP contribution >= 0.6 is 0 Å². The molecule has 1 aromatic heterocycles. The minimum absolute atomic E-state index is 0.0588. The molecule has 6 heteroatoms. The van der Waals surface area contributed by atoms with Crippen molar-refractivity contribution in [3.8, 4) is 5.75 Å². The fourth-order valence-electron chi connectivity index (χ4n) is 3.94. The van der Waals surface area contributed by atoms with Gasteiger partial charge in [-0.05, 0) is 48.7 Å². The number of nitrogens with zero attached hydrogens (tertiary/aromatic N) is 1. The van der Waals surface area contributed by atoms with Gasteiger partial charge in [-0.25, -0.2) is 0 Å². The molecular formula is C26H25NO5. The lowest BCUT2D eigenvalue weighted by atomic mass is 9.92. The van der Waals surface area contributed by atoms with Gasteiger partial charge in [0, 0.05) is 5.56 Å². The molecule has 3 aromatic rings. The fourth-order valence-corrected chi connectivity index (χ4v) is 3.94. The number of furan rings is 1. The molecule has 1 aliphatic rings. The number of hydrogen-bond acceptors (Lipinski definition) is 5. The number of likely N-dealkylation sites (tertiary alicyclic amines) is 1. The lowest BCUT2D eigenvalue weighted by molar-refractivity contribution is -0.140. The molecule has 6 nitrogen and oxygen atoms in total. The van der Waals surface area contributed by atoms with Crippen LogP contribution in [0.25, 0.3) is 5.76 Å². The van der Waals surface area contributed by atoms with Gasteiger partial charge in [-0.1, -0.05) is 43.3 Å². The van der Waals surface area contributed by atoms with E-state index < -0.39 is 17.7 Å². The van der Waals surface area contributed by atoms with Gasteiger partial charge in [0.05, 0.1) is 31.0 Å². The van der Waals surface area contributed by atoms with E-state index >= 15 is 0 Å². The Labute approximate surface area is 186 Å². The van der Waals surface area contributed by atoms with E-state index in [4.69, 9.17) is 9.15 Å². The summed E-state index contributed by atoms with van der Waals surface area (Å²) in [6.07, 6.45) is 2.37. The number of rotatable bonds is 7. The average Bonchev–Trinajstić information content (AvgIpc) is 3.40. The quantitative estimate of drug-likeness (QED) is 0.324. The topological polar surface area (TPSA) is 80.0 Å². The summed E-state index contributed by atoms with van der Waals surface area (Å²) < 4.78 is 11.1. The molecule has 0 spiro atoms. The second-order valence-corrected chi connectivity index (χ2v) is 7.74. The zero-order valence-electron chi connectivity index (χ0n) is 18.1. The molecule has 0 bridgehead atoms. The summed E-state index contributed by atoms with van der Waals surface area (Å²) >= 11 is 0. The number of carbonyl (C=O) groups is 2. The van der Waals surface area contributed by atoms with Gasteiger partial charge in [0.25, 0.3) is 11.7 Å². The molecule has 0 radical (unpaired) electrons. The summed E-state index contributed by atoms with van der Waals surface area (Å²) in [4.78, 5) is 27.6. The van der Waals surface area contributed by atoms with Crippen LogP contribution in [0.15, 0.2) is 76.9 Å². The van der Waals surface area contributed by atoms with Gasteiger partial charge in [-0.15, -0.1) is 0 Å². The molecule has 164 valence electrons. The van der Waals surface area contributed by atoms with Crippen LogP contribution in [0.5, 0.6) is 5.75 Å². The number of ether oxygens (including phenoxy) is 1. The van der Waals surface area contributed by atoms with Crippen LogP contribution in [0.2, 0.25) is 0 Å². The smallest absolute Gasteiger partial charge is 0.296 e. The highest BCUT2D eigenvalue weighted by Crippen LogP contribution is 2.41. The van der Waals surface area contributed by atoms with Crippen LogP contribution in [0.4, 0.5) is 0 Å². The molecule has 32 heavy (non-hydrogen) atoms. The normalized spacial score (nSPS) is 17.7. The van der Waals surface area contributed by atoms with Crippen molar-refractivity contribution < 1.29 is 23.8 Å². The number of ketones is 1. The minimum atomic E-state index is -0.735. The molecule has 1 atom stereocenters. The molecule has 1 aliphatic heterocycles. The summed E-state index contributed by atoms with van der Waals surface area (Å²) in [5.74, 6) is -0.467. The van der Waals surface area contributed by atoms with E-state index in [-0.39, 0.29) is 17.9 Å². The minimum Gasteiger partial charge on any atom is -0.507 e. The largest absolute Gasteiger partial charge is 0.507 e. The summed E-state index contributed by atoms with van der Waals surface area (Å²) in [6, 6.07) is 17.2. The molecule has 1 amide bonds. The number of amides is 1. The van der Waals surface area contributed by atoms with Crippen molar-refractivity contribution in [2.45, 2.75) is 32.9 Å². The van der Waals surface area contributed by atoms with E-state index in [0.717, 1.165) is 17.5 Å². The molecular weight excluding hydrogens is 406 g/mol. The Bertz CT molecular complexity index is 1160. The molecule has 0 aliphatic carbocycles. The van der Waals surface area contributed by atoms with Crippen LogP contribution in [-0.4, -0.2) is 28.3 Å². The van der Waals surface area contributed by atoms with E-state index in [9.17, 15) is 14.7 Å². The Morgan fingerprint density at radius 2 is 1.91 bits per heavy atom. The van der Waals surface area contributed by atoms with Crippen molar-refractivity contribution in [2.75, 3.05) is 6.61 Å². The Hall–Kier alpha value is -3.80. The predicted octanol–water partition coefficient (Wildman–Crippen LogP) is 5.00. The third-order valence-corrected chi connectivity index (χ3v) is 5.51. The van der Waals surface area contributed by atoms with Crippen molar-refractivity contribution in [2.24, 2.45) is 0 Å². The molecule has 0 saturated carbocycles. The van der Waals surface area contributed by atoms with Crippen molar-refractivity contribution in [3.05, 3.63) is 95.0 Å². The average molecular weight is 431 g/mol. The van der Waals surface area contributed by atoms with Crippen molar-refractivity contribution in [1.82, 2.24) is 4.90 Å². The molecule has 1 fully saturated rings. The summed E-state index contributed by atoms with van der Waals surface area (Å²) in [7, 11) is 0. The van der Waals surface area contributed by atoms with Crippen molar-refractivity contribution in [1.29, 1.82) is 0 Å². The van der Waals surface area contributed by atoms with Gasteiger partial charge >= 0.3 is 0 Å². The first-order chi connectivity index (χ1) is 15.5. The van der Waals surface area contributed by atoms with Gasteiger partial charge in [0.2, 0.25) is 0 Å². The maximum absolute atomic E-state index is 13.1. The van der Waals surface area contributed by atoms with Crippen molar-refractivity contribution in [3.63, 3.8) is 0 Å². The van der Waals surface area contributed by atoms with Gasteiger partial charge in [0.15, 0.2) is 0 Å². The SMILES string of the molecule is CCCOc1cccc(/C(O)=C2\C(=O)C(=O)N(Cc3ccco3)C2c2ccccc2C)c1. The third kappa shape index (κ3) is 4.04. The summed E-state index contributed by atoms with van der Waals surface area (Å²) in [5, 5.41) is 11.2. The van der Waals surface area contributed by atoms with Crippen LogP contribution in [0, 0.1) is 6.92 Å². The first-order valence-corrected chi connectivity index (χ1v) is 10.6. The van der Waals surface area contributed by atoms with Gasteiger partial charge in [0.1, 0.15) is 17.3 Å². The van der Waals surface area contributed by atoms with Crippen LogP contribution in [-0.2, 0) is 16.1 Å². The Balaban J connectivity index is 1.84. The number of aliphatic hydroxyl groups is 1. The number of hydrogen-bond donors (Lipinski definition) is 1. The number of Topliss-reactive ketones (excluding diaryl/α,β-unsaturated/α-hetero) is 1. The van der Waals surface area contributed by atoms with Crippen LogP contribution in [0.3, 0.4) is 0 Å². The van der Waals surface area contributed by atoms with Gasteiger partial charge in [-0.3, -0.25) is 9.59 Å². The van der Waals surface area contributed by atoms with E-state index in [0.29, 0.717) is 23.7 Å². The zero-order chi connectivity index (χ0) is 22.7. The van der Waals surface area contributed by atoms with E-state index in [2.05, 4.69) is 0 Å². The summed E-state index contributed by atoms with van der Waals surface area (Å²) in [6.45, 7) is 4.59. The number of carbonyl (C=O) groups excluding carboxylic acids is 2. The van der Waals surface area contributed by atoms with Crippen LogP contribution in [0.1, 0.15) is 41.8 Å². The van der Waals surface area contributed by atoms with Crippen LogP contribution < -0.4 is 4.74 Å². The standard InChI is InChI=1S/C26H25NO5/c1-3-13-31-19-10-6-9-18(15-19)24(28)22-23(21-12-5-4-8-17(21)2)27(26(30)25(22)29)16-20-11-7-14-32-20/h4-12,14-15,23,28H,3,13,16H2,1-2H3/b24-22+. The maximum Gasteiger partial charge on any atom is 0.296 e. The summed E-state index contributed by atoms with van der Waals surface area (Å²) in [5.41, 5.74) is 2.17. The van der Waals surface area contributed by atoms with Gasteiger partial charge < -0.3 is 19.2 Å². The molecule has 1 unspecified atom stereocenters. The molecule has 1 saturated heterocycles. The zero-order valence-corrected chi connectivity index (χ0v) is 18.1. The lowest BCUT2D eigenvalue weighted by Crippen LogP contribution is -2.29. The predicted molar refractivity (Wildman–Crippen MR) is 120 cm³/mol. The number of aryl methyl sites for hydroxylation is 1.